The summed E-state index contributed by atoms with van der Waals surface area (Å²) < 4.78 is 5.63. The molecule has 1 saturated carbocycles. The van der Waals surface area contributed by atoms with Crippen LogP contribution >= 0.6 is 34.5 Å². The second-order valence-electron chi connectivity index (χ2n) is 11.3. The predicted molar refractivity (Wildman–Crippen MR) is 165 cm³/mol. The van der Waals surface area contributed by atoms with Gasteiger partial charge in [-0.2, -0.15) is 0 Å². The number of nitrogens with zero attached hydrogens (tertiary/aromatic N) is 1. The molecule has 10 heteroatoms. The van der Waals surface area contributed by atoms with Gasteiger partial charge in [0.2, 0.25) is 5.91 Å². The molecule has 1 aliphatic carbocycles. The van der Waals surface area contributed by atoms with Crippen molar-refractivity contribution in [3.63, 3.8) is 0 Å². The summed E-state index contributed by atoms with van der Waals surface area (Å²) >= 11 is 14.6. The van der Waals surface area contributed by atoms with Crippen molar-refractivity contribution in [3.8, 4) is 11.1 Å². The number of halogens is 2. The fourth-order valence-electron chi connectivity index (χ4n) is 5.55. The molecule has 0 spiro atoms. The van der Waals surface area contributed by atoms with Crippen LogP contribution in [0.25, 0.3) is 11.1 Å². The van der Waals surface area contributed by atoms with Gasteiger partial charge in [0.15, 0.2) is 0 Å². The summed E-state index contributed by atoms with van der Waals surface area (Å²) in [5.74, 6) is -0.280. The van der Waals surface area contributed by atoms with Crippen molar-refractivity contribution in [2.45, 2.75) is 71.1 Å². The van der Waals surface area contributed by atoms with E-state index in [2.05, 4.69) is 13.0 Å². The molecule has 0 radical (unpaired) electrons. The van der Waals surface area contributed by atoms with Crippen molar-refractivity contribution in [1.82, 2.24) is 4.90 Å². The molecule has 0 saturated heterocycles. The number of aliphatic hydroxyl groups is 3. The highest BCUT2D eigenvalue weighted by atomic mass is 35.5. The van der Waals surface area contributed by atoms with Crippen LogP contribution in [0, 0.1) is 18.3 Å². The quantitative estimate of drug-likeness (QED) is 0.174. The van der Waals surface area contributed by atoms with Gasteiger partial charge in [0, 0.05) is 40.9 Å². The van der Waals surface area contributed by atoms with Crippen molar-refractivity contribution in [1.29, 1.82) is 0 Å². The Morgan fingerprint density at radius 3 is 2.46 bits per heavy atom. The molecule has 3 N–H and O–H groups in total. The maximum Gasteiger partial charge on any atom is 0.348 e. The van der Waals surface area contributed by atoms with Crippen LogP contribution in [0.4, 0.5) is 0 Å². The van der Waals surface area contributed by atoms with Gasteiger partial charge in [0.1, 0.15) is 11.5 Å². The third kappa shape index (κ3) is 8.91. The SMILES string of the molecule is CCCc1sc(C(=O)OCC(CO)(CO)CN(CCO)C(C)=O)cc1-c1c(Cl)cc(C)cc1CCC1CCC(Cl)C1. The molecule has 41 heavy (non-hydrogen) atoms. The monoisotopic (exact) mass is 627 g/mol. The van der Waals surface area contributed by atoms with E-state index in [0.29, 0.717) is 15.8 Å². The molecule has 1 heterocycles. The minimum atomic E-state index is -1.27. The zero-order chi connectivity index (χ0) is 30.2. The summed E-state index contributed by atoms with van der Waals surface area (Å²) in [5.41, 5.74) is 2.88. The average Bonchev–Trinajstić information content (AvgIpc) is 3.55. The number of carbonyl (C=O) groups is 2. The number of hydrogen-bond donors (Lipinski definition) is 3. The van der Waals surface area contributed by atoms with Crippen molar-refractivity contribution in [2.75, 3.05) is 39.5 Å². The van der Waals surface area contributed by atoms with Gasteiger partial charge in [0.25, 0.3) is 0 Å². The highest BCUT2D eigenvalue weighted by molar-refractivity contribution is 7.14. The minimum Gasteiger partial charge on any atom is -0.461 e. The van der Waals surface area contributed by atoms with E-state index in [-0.39, 0.29) is 37.6 Å². The fourth-order valence-corrected chi connectivity index (χ4v) is 7.49. The Balaban J connectivity index is 1.86. The molecule has 2 atom stereocenters. The van der Waals surface area contributed by atoms with Crippen molar-refractivity contribution in [2.24, 2.45) is 11.3 Å². The Morgan fingerprint density at radius 2 is 1.88 bits per heavy atom. The van der Waals surface area contributed by atoms with Crippen LogP contribution in [0.2, 0.25) is 5.02 Å². The maximum atomic E-state index is 13.3. The lowest BCUT2D eigenvalue weighted by Gasteiger charge is -2.34. The lowest BCUT2D eigenvalue weighted by atomic mass is 9.90. The fraction of sp³-hybridized carbons (Fsp3) is 0.613. The van der Waals surface area contributed by atoms with Gasteiger partial charge < -0.3 is 25.0 Å². The van der Waals surface area contributed by atoms with Crippen LogP contribution in [-0.2, 0) is 22.4 Å². The van der Waals surface area contributed by atoms with E-state index in [1.807, 2.05) is 19.1 Å². The molecule has 1 amide bonds. The smallest absolute Gasteiger partial charge is 0.348 e. The van der Waals surface area contributed by atoms with E-state index in [0.717, 1.165) is 72.1 Å². The van der Waals surface area contributed by atoms with Gasteiger partial charge in [-0.25, -0.2) is 4.79 Å². The van der Waals surface area contributed by atoms with Crippen LogP contribution in [0.1, 0.15) is 71.6 Å². The summed E-state index contributed by atoms with van der Waals surface area (Å²) in [7, 11) is 0. The molecule has 2 unspecified atom stereocenters. The normalized spacial score (nSPS) is 17.2. The largest absolute Gasteiger partial charge is 0.461 e. The Labute approximate surface area is 257 Å². The maximum absolute atomic E-state index is 13.3. The number of alkyl halides is 1. The summed E-state index contributed by atoms with van der Waals surface area (Å²) in [4.78, 5) is 28.0. The minimum absolute atomic E-state index is 0.0482. The molecule has 0 bridgehead atoms. The van der Waals surface area contributed by atoms with Crippen molar-refractivity contribution >= 4 is 46.4 Å². The summed E-state index contributed by atoms with van der Waals surface area (Å²) in [6, 6.07) is 5.99. The molecule has 1 aromatic heterocycles. The highest BCUT2D eigenvalue weighted by Gasteiger charge is 2.35. The summed E-state index contributed by atoms with van der Waals surface area (Å²) in [6.07, 6.45) is 6.83. The van der Waals surface area contributed by atoms with E-state index in [4.69, 9.17) is 27.9 Å². The molecule has 3 rings (SSSR count). The number of hydrogen-bond acceptors (Lipinski definition) is 7. The highest BCUT2D eigenvalue weighted by Crippen LogP contribution is 2.41. The van der Waals surface area contributed by atoms with Gasteiger partial charge in [-0.05, 0) is 80.2 Å². The van der Waals surface area contributed by atoms with Crippen LogP contribution in [-0.4, -0.2) is 77.0 Å². The number of carbonyl (C=O) groups excluding carboxylic acids is 2. The first-order valence-corrected chi connectivity index (χ1v) is 16.0. The van der Waals surface area contributed by atoms with Crippen LogP contribution in [0.15, 0.2) is 18.2 Å². The van der Waals surface area contributed by atoms with Gasteiger partial charge in [-0.1, -0.05) is 31.0 Å². The average molecular weight is 629 g/mol. The van der Waals surface area contributed by atoms with Crippen LogP contribution in [0.5, 0.6) is 0 Å². The zero-order valence-corrected chi connectivity index (χ0v) is 26.6. The Hall–Kier alpha value is -1.68. The topological polar surface area (TPSA) is 107 Å². The van der Waals surface area contributed by atoms with E-state index >= 15 is 0 Å². The molecular formula is C31H43Cl2NO6S. The van der Waals surface area contributed by atoms with Gasteiger partial charge in [-0.15, -0.1) is 22.9 Å². The van der Waals surface area contributed by atoms with Crippen molar-refractivity contribution in [3.05, 3.63) is 44.1 Å². The molecule has 2 aromatic rings. The first-order valence-electron chi connectivity index (χ1n) is 14.4. The van der Waals surface area contributed by atoms with Gasteiger partial charge >= 0.3 is 5.97 Å². The number of aliphatic hydroxyl groups excluding tert-OH is 3. The molecule has 0 aliphatic heterocycles. The number of aryl methyl sites for hydroxylation is 3. The van der Waals surface area contributed by atoms with Crippen molar-refractivity contribution < 1.29 is 29.6 Å². The Morgan fingerprint density at radius 1 is 1.15 bits per heavy atom. The number of rotatable bonds is 15. The van der Waals surface area contributed by atoms with E-state index in [1.54, 1.807) is 0 Å². The molecular weight excluding hydrogens is 585 g/mol. The number of amides is 1. The lowest BCUT2D eigenvalue weighted by Crippen LogP contribution is -2.48. The molecule has 7 nitrogen and oxygen atoms in total. The zero-order valence-electron chi connectivity index (χ0n) is 24.3. The number of benzene rings is 1. The number of ether oxygens (including phenoxy) is 1. The predicted octanol–water partition coefficient (Wildman–Crippen LogP) is 5.64. The lowest BCUT2D eigenvalue weighted by molar-refractivity contribution is -0.133. The number of thiophene rings is 1. The summed E-state index contributed by atoms with van der Waals surface area (Å²) in [5, 5.41) is 30.4. The molecule has 1 fully saturated rings. The standard InChI is InChI=1S/C31H43Cl2NO6S/c1-4-5-27-25(29-23(12-20(2)13-26(29)33)8-6-22-7-9-24(32)14-22)15-28(41-27)30(39)40-19-31(17-36,18-37)16-34(10-11-35)21(3)38/h12-13,15,22,24,35-37H,4-11,14,16-19H2,1-3H3. The second-order valence-corrected chi connectivity index (χ2v) is 13.5. The third-order valence-corrected chi connectivity index (χ3v) is 9.76. The van der Waals surface area contributed by atoms with Gasteiger partial charge in [-0.3, -0.25) is 4.79 Å². The van der Waals surface area contributed by atoms with E-state index in [9.17, 15) is 24.9 Å². The van der Waals surface area contributed by atoms with E-state index in [1.165, 1.54) is 23.2 Å². The summed E-state index contributed by atoms with van der Waals surface area (Å²) in [6.45, 7) is 3.90. The van der Waals surface area contributed by atoms with Crippen LogP contribution in [0.3, 0.4) is 0 Å². The number of esters is 1. The Bertz CT molecular complexity index is 1180. The molecule has 1 aliphatic rings. The Kier molecular flexibility index (Phi) is 12.9. The van der Waals surface area contributed by atoms with Crippen LogP contribution < -0.4 is 0 Å². The molecule has 1 aromatic carbocycles. The van der Waals surface area contributed by atoms with E-state index < -0.39 is 24.6 Å². The van der Waals surface area contributed by atoms with Gasteiger partial charge in [0.05, 0.1) is 25.2 Å². The second kappa shape index (κ2) is 15.7. The molecule has 228 valence electrons. The first kappa shape index (κ1) is 33.8. The first-order chi connectivity index (χ1) is 19.6. The third-order valence-electron chi connectivity index (χ3n) is 7.89.